The number of aliphatic carboxylic acids is 1. The van der Waals surface area contributed by atoms with E-state index in [-0.39, 0.29) is 23.7 Å². The van der Waals surface area contributed by atoms with Crippen LogP contribution in [0.3, 0.4) is 0 Å². The molecule has 5 heteroatoms. The standard InChI is InChI=1S/C16H20ClNO3/c1-3-16(2)9-12(16)15(21)18-13(8-14(19)20)10-4-6-11(17)7-5-10/h4-7,12-13H,3,8-9H2,1-2H3,(H,18,21)(H,19,20)/t12?,13-,16?/m0/s1. The molecule has 4 nitrogen and oxygen atoms in total. The van der Waals surface area contributed by atoms with Crippen LogP contribution in [-0.2, 0) is 9.59 Å². The van der Waals surface area contributed by atoms with Crippen LogP contribution < -0.4 is 5.32 Å². The maximum Gasteiger partial charge on any atom is 0.305 e. The Hall–Kier alpha value is -1.55. The van der Waals surface area contributed by atoms with Crippen molar-refractivity contribution in [3.63, 3.8) is 0 Å². The zero-order chi connectivity index (χ0) is 15.6. The first-order chi connectivity index (χ1) is 9.85. The van der Waals surface area contributed by atoms with E-state index in [4.69, 9.17) is 16.7 Å². The zero-order valence-corrected chi connectivity index (χ0v) is 13.0. The number of hydrogen-bond donors (Lipinski definition) is 2. The van der Waals surface area contributed by atoms with Crippen LogP contribution in [-0.4, -0.2) is 17.0 Å². The molecule has 1 aromatic carbocycles. The molecule has 1 aromatic rings. The van der Waals surface area contributed by atoms with Gasteiger partial charge in [0.05, 0.1) is 12.5 Å². The number of nitrogens with one attached hydrogen (secondary N) is 1. The summed E-state index contributed by atoms with van der Waals surface area (Å²) >= 11 is 5.84. The van der Waals surface area contributed by atoms with Gasteiger partial charge in [0.1, 0.15) is 0 Å². The van der Waals surface area contributed by atoms with Crippen molar-refractivity contribution in [3.05, 3.63) is 34.9 Å². The van der Waals surface area contributed by atoms with Crippen LogP contribution >= 0.6 is 11.6 Å². The van der Waals surface area contributed by atoms with Crippen LogP contribution in [0.2, 0.25) is 5.02 Å². The molecule has 0 aromatic heterocycles. The van der Waals surface area contributed by atoms with Crippen LogP contribution in [0.1, 0.15) is 44.7 Å². The number of halogens is 1. The van der Waals surface area contributed by atoms with Gasteiger partial charge in [0, 0.05) is 10.9 Å². The molecule has 0 spiro atoms. The monoisotopic (exact) mass is 309 g/mol. The molecular weight excluding hydrogens is 290 g/mol. The molecule has 0 bridgehead atoms. The van der Waals surface area contributed by atoms with Gasteiger partial charge in [-0.1, -0.05) is 37.6 Å². The lowest BCUT2D eigenvalue weighted by atomic mass is 10.0. The lowest BCUT2D eigenvalue weighted by Crippen LogP contribution is -2.32. The first-order valence-corrected chi connectivity index (χ1v) is 7.51. The molecule has 0 radical (unpaired) electrons. The van der Waals surface area contributed by atoms with E-state index in [2.05, 4.69) is 19.2 Å². The van der Waals surface area contributed by atoms with E-state index in [1.54, 1.807) is 24.3 Å². The Morgan fingerprint density at radius 3 is 2.52 bits per heavy atom. The zero-order valence-electron chi connectivity index (χ0n) is 12.2. The molecule has 1 amide bonds. The first-order valence-electron chi connectivity index (χ1n) is 7.13. The Kier molecular flexibility index (Phi) is 4.57. The van der Waals surface area contributed by atoms with Gasteiger partial charge in [-0.3, -0.25) is 9.59 Å². The molecule has 2 N–H and O–H groups in total. The molecule has 3 atom stereocenters. The van der Waals surface area contributed by atoms with Gasteiger partial charge in [0.15, 0.2) is 0 Å². The molecule has 0 heterocycles. The summed E-state index contributed by atoms with van der Waals surface area (Å²) in [6, 6.07) is 6.38. The molecule has 21 heavy (non-hydrogen) atoms. The molecule has 1 fully saturated rings. The Bertz CT molecular complexity index is 543. The number of amides is 1. The lowest BCUT2D eigenvalue weighted by molar-refractivity contribution is -0.137. The Morgan fingerprint density at radius 2 is 2.05 bits per heavy atom. The van der Waals surface area contributed by atoms with E-state index in [0.29, 0.717) is 5.02 Å². The minimum atomic E-state index is -0.940. The lowest BCUT2D eigenvalue weighted by Gasteiger charge is -2.18. The summed E-state index contributed by atoms with van der Waals surface area (Å²) in [4.78, 5) is 23.3. The summed E-state index contributed by atoms with van der Waals surface area (Å²) in [5, 5.41) is 12.5. The summed E-state index contributed by atoms with van der Waals surface area (Å²) in [7, 11) is 0. The summed E-state index contributed by atoms with van der Waals surface area (Å²) < 4.78 is 0. The largest absolute Gasteiger partial charge is 0.481 e. The second-order valence-electron chi connectivity index (χ2n) is 5.97. The van der Waals surface area contributed by atoms with E-state index in [1.807, 2.05) is 0 Å². The highest BCUT2D eigenvalue weighted by atomic mass is 35.5. The molecule has 1 aliphatic rings. The van der Waals surface area contributed by atoms with Crippen molar-refractivity contribution in [2.75, 3.05) is 0 Å². The minimum absolute atomic E-state index is 0.00825. The molecule has 0 saturated heterocycles. The summed E-state index contributed by atoms with van der Waals surface area (Å²) in [6.45, 7) is 4.16. The highest BCUT2D eigenvalue weighted by Gasteiger charge is 2.53. The van der Waals surface area contributed by atoms with E-state index in [9.17, 15) is 9.59 Å². The highest BCUT2D eigenvalue weighted by Crippen LogP contribution is 2.54. The summed E-state index contributed by atoms with van der Waals surface area (Å²) in [6.07, 6.45) is 1.69. The molecule has 1 saturated carbocycles. The van der Waals surface area contributed by atoms with Gasteiger partial charge >= 0.3 is 5.97 Å². The molecule has 114 valence electrons. The second kappa shape index (κ2) is 6.06. The Balaban J connectivity index is 2.08. The van der Waals surface area contributed by atoms with Gasteiger partial charge < -0.3 is 10.4 Å². The van der Waals surface area contributed by atoms with Crippen LogP contribution in [0.5, 0.6) is 0 Å². The van der Waals surface area contributed by atoms with Gasteiger partial charge in [-0.25, -0.2) is 0 Å². The van der Waals surface area contributed by atoms with Crippen molar-refractivity contribution in [3.8, 4) is 0 Å². The summed E-state index contributed by atoms with van der Waals surface area (Å²) in [5.41, 5.74) is 0.826. The summed E-state index contributed by atoms with van der Waals surface area (Å²) in [5.74, 6) is -1.00. The molecular formula is C16H20ClNO3. The topological polar surface area (TPSA) is 66.4 Å². The fraction of sp³-hybridized carbons (Fsp3) is 0.500. The van der Waals surface area contributed by atoms with Crippen molar-refractivity contribution >= 4 is 23.5 Å². The number of carboxylic acid groups (broad SMARTS) is 1. The third-order valence-corrected chi connectivity index (χ3v) is 4.70. The number of carbonyl (C=O) groups excluding carboxylic acids is 1. The van der Waals surface area contributed by atoms with Gasteiger partial charge in [0.25, 0.3) is 0 Å². The number of benzene rings is 1. The van der Waals surface area contributed by atoms with Crippen molar-refractivity contribution in [2.24, 2.45) is 11.3 Å². The quantitative estimate of drug-likeness (QED) is 0.846. The third-order valence-electron chi connectivity index (χ3n) is 4.44. The Labute approximate surface area is 129 Å². The van der Waals surface area contributed by atoms with E-state index >= 15 is 0 Å². The highest BCUT2D eigenvalue weighted by molar-refractivity contribution is 6.30. The fourth-order valence-corrected chi connectivity index (χ4v) is 2.73. The average Bonchev–Trinajstić information content (AvgIpc) is 3.11. The van der Waals surface area contributed by atoms with E-state index < -0.39 is 12.0 Å². The normalized spacial score (nSPS) is 25.2. The van der Waals surface area contributed by atoms with Gasteiger partial charge in [-0.05, 0) is 36.0 Å². The number of hydrogen-bond acceptors (Lipinski definition) is 2. The minimum Gasteiger partial charge on any atom is -0.481 e. The molecule has 0 aliphatic heterocycles. The van der Waals surface area contributed by atoms with Crippen molar-refractivity contribution in [2.45, 2.75) is 39.2 Å². The van der Waals surface area contributed by atoms with Crippen LogP contribution in [0.25, 0.3) is 0 Å². The average molecular weight is 310 g/mol. The predicted octanol–water partition coefficient (Wildman–Crippen LogP) is 3.41. The van der Waals surface area contributed by atoms with Gasteiger partial charge in [-0.15, -0.1) is 0 Å². The van der Waals surface area contributed by atoms with Crippen LogP contribution in [0.4, 0.5) is 0 Å². The number of carboxylic acids is 1. The maximum absolute atomic E-state index is 12.3. The Morgan fingerprint density at radius 1 is 1.43 bits per heavy atom. The van der Waals surface area contributed by atoms with Gasteiger partial charge in [-0.2, -0.15) is 0 Å². The molecule has 2 rings (SSSR count). The maximum atomic E-state index is 12.3. The number of rotatable bonds is 6. The smallest absolute Gasteiger partial charge is 0.305 e. The fourth-order valence-electron chi connectivity index (χ4n) is 2.60. The van der Waals surface area contributed by atoms with Crippen molar-refractivity contribution in [1.29, 1.82) is 0 Å². The molecule has 2 unspecified atom stereocenters. The van der Waals surface area contributed by atoms with E-state index in [0.717, 1.165) is 18.4 Å². The van der Waals surface area contributed by atoms with Gasteiger partial charge in [0.2, 0.25) is 5.91 Å². The second-order valence-corrected chi connectivity index (χ2v) is 6.41. The SMILES string of the molecule is CCC1(C)CC1C(=O)N[C@@H](CC(=O)O)c1ccc(Cl)cc1. The first kappa shape index (κ1) is 15.8. The molecule has 1 aliphatic carbocycles. The number of carbonyl (C=O) groups is 2. The van der Waals surface area contributed by atoms with E-state index in [1.165, 1.54) is 0 Å². The van der Waals surface area contributed by atoms with Crippen molar-refractivity contribution in [1.82, 2.24) is 5.32 Å². The van der Waals surface area contributed by atoms with Crippen molar-refractivity contribution < 1.29 is 14.7 Å². The van der Waals surface area contributed by atoms with Crippen LogP contribution in [0.15, 0.2) is 24.3 Å². The van der Waals surface area contributed by atoms with Crippen LogP contribution in [0, 0.1) is 11.3 Å². The predicted molar refractivity (Wildman–Crippen MR) is 81.1 cm³/mol. The third kappa shape index (κ3) is 3.76.